The van der Waals surface area contributed by atoms with E-state index in [-0.39, 0.29) is 0 Å². The molecular weight excluding hydrogens is 248 g/mol. The van der Waals surface area contributed by atoms with Crippen LogP contribution in [0.3, 0.4) is 0 Å². The molecule has 0 saturated carbocycles. The van der Waals surface area contributed by atoms with Gasteiger partial charge in [-0.15, -0.1) is 0 Å². The Morgan fingerprint density at radius 2 is 1.45 bits per heavy atom. The molecule has 3 rings (SSSR count). The number of benzene rings is 2. The Hall–Kier alpha value is -2.42. The van der Waals surface area contributed by atoms with Gasteiger partial charge < -0.3 is 4.74 Å². The fourth-order valence-corrected chi connectivity index (χ4v) is 2.58. The number of hydrogen-bond donors (Lipinski definition) is 0. The van der Waals surface area contributed by atoms with Crippen LogP contribution < -0.4 is 4.74 Å². The van der Waals surface area contributed by atoms with Gasteiger partial charge in [0.25, 0.3) is 0 Å². The number of nitrogens with zero attached hydrogens (tertiary/aromatic N) is 2. The zero-order valence-corrected chi connectivity index (χ0v) is 11.8. The van der Waals surface area contributed by atoms with E-state index in [1.165, 1.54) is 5.56 Å². The van der Waals surface area contributed by atoms with E-state index in [2.05, 4.69) is 48.1 Å². The minimum absolute atomic E-state index is 0.913. The van der Waals surface area contributed by atoms with Gasteiger partial charge in [-0.25, -0.2) is 0 Å². The molecule has 0 aliphatic carbocycles. The highest BCUT2D eigenvalue weighted by molar-refractivity contribution is 5.81. The molecule has 0 fully saturated rings. The molecule has 0 bridgehead atoms. The Morgan fingerprint density at radius 3 is 2.10 bits per heavy atom. The van der Waals surface area contributed by atoms with Crippen LogP contribution in [-0.2, 0) is 0 Å². The number of aryl methyl sites for hydroxylation is 2. The third kappa shape index (κ3) is 2.11. The van der Waals surface area contributed by atoms with Gasteiger partial charge in [0.15, 0.2) is 0 Å². The van der Waals surface area contributed by atoms with Gasteiger partial charge in [0.1, 0.15) is 5.75 Å². The van der Waals surface area contributed by atoms with Gasteiger partial charge in [0.05, 0.1) is 18.1 Å². The number of ether oxygens (including phenoxy) is 1. The Kier molecular flexibility index (Phi) is 3.11. The first-order valence-corrected chi connectivity index (χ1v) is 6.55. The lowest BCUT2D eigenvalue weighted by Crippen LogP contribution is -1.92. The molecule has 0 amide bonds. The van der Waals surface area contributed by atoms with E-state index in [0.717, 1.165) is 33.5 Å². The molecule has 0 saturated heterocycles. The van der Waals surface area contributed by atoms with E-state index in [1.807, 2.05) is 6.07 Å². The van der Waals surface area contributed by atoms with Crippen LogP contribution in [0.4, 0.5) is 0 Å². The molecule has 1 heterocycles. The highest BCUT2D eigenvalue weighted by Crippen LogP contribution is 2.30. The predicted molar refractivity (Wildman–Crippen MR) is 81.0 cm³/mol. The summed E-state index contributed by atoms with van der Waals surface area (Å²) in [5.41, 5.74) is 6.43. The first-order valence-electron chi connectivity index (χ1n) is 6.55. The number of fused-ring (bicyclic) bond motifs is 1. The van der Waals surface area contributed by atoms with Crippen LogP contribution in [0.1, 0.15) is 11.1 Å². The van der Waals surface area contributed by atoms with Crippen molar-refractivity contribution in [3.05, 3.63) is 53.9 Å². The summed E-state index contributed by atoms with van der Waals surface area (Å²) in [5.74, 6) is 0.953. The van der Waals surface area contributed by atoms with Crippen LogP contribution in [0.5, 0.6) is 5.75 Å². The quantitative estimate of drug-likeness (QED) is 0.703. The molecule has 3 aromatic rings. The molecule has 100 valence electrons. The topological polar surface area (TPSA) is 35.0 Å². The molecular formula is C17H16N2O. The van der Waals surface area contributed by atoms with Crippen molar-refractivity contribution in [3.63, 3.8) is 0 Å². The summed E-state index contributed by atoms with van der Waals surface area (Å²) in [5, 5.41) is 0. The van der Waals surface area contributed by atoms with Crippen molar-refractivity contribution in [2.24, 2.45) is 0 Å². The smallest absolute Gasteiger partial charge is 0.124 e. The molecule has 2 aromatic carbocycles. The Balaban J connectivity index is 2.15. The number of aromatic nitrogens is 2. The van der Waals surface area contributed by atoms with Gasteiger partial charge in [0.2, 0.25) is 0 Å². The summed E-state index contributed by atoms with van der Waals surface area (Å²) in [6.45, 7) is 4.13. The third-order valence-electron chi connectivity index (χ3n) is 3.47. The minimum Gasteiger partial charge on any atom is -0.496 e. The van der Waals surface area contributed by atoms with Crippen LogP contribution in [0, 0.1) is 13.8 Å². The zero-order chi connectivity index (χ0) is 14.1. The van der Waals surface area contributed by atoms with Gasteiger partial charge in [-0.05, 0) is 60.4 Å². The maximum atomic E-state index is 5.41. The van der Waals surface area contributed by atoms with Crippen LogP contribution in [0.2, 0.25) is 0 Å². The van der Waals surface area contributed by atoms with E-state index in [0.29, 0.717) is 0 Å². The van der Waals surface area contributed by atoms with Crippen LogP contribution in [-0.4, -0.2) is 17.1 Å². The maximum Gasteiger partial charge on any atom is 0.124 e. The van der Waals surface area contributed by atoms with Crippen LogP contribution in [0.15, 0.2) is 42.7 Å². The van der Waals surface area contributed by atoms with Crippen molar-refractivity contribution in [2.45, 2.75) is 13.8 Å². The van der Waals surface area contributed by atoms with Gasteiger partial charge in [-0.3, -0.25) is 9.97 Å². The molecule has 0 spiro atoms. The monoisotopic (exact) mass is 264 g/mol. The predicted octanol–water partition coefficient (Wildman–Crippen LogP) is 3.92. The third-order valence-corrected chi connectivity index (χ3v) is 3.47. The number of methoxy groups -OCH3 is 1. The van der Waals surface area contributed by atoms with E-state index in [9.17, 15) is 0 Å². The average Bonchev–Trinajstić information content (AvgIpc) is 2.46. The molecule has 0 aliphatic rings. The van der Waals surface area contributed by atoms with Gasteiger partial charge in [0, 0.05) is 12.4 Å². The van der Waals surface area contributed by atoms with Gasteiger partial charge in [-0.1, -0.05) is 6.07 Å². The molecule has 0 atom stereocenters. The first-order chi connectivity index (χ1) is 9.69. The van der Waals surface area contributed by atoms with E-state index in [4.69, 9.17) is 4.74 Å². The summed E-state index contributed by atoms with van der Waals surface area (Å²) in [6.07, 6.45) is 3.43. The molecule has 0 N–H and O–H groups in total. The number of rotatable bonds is 2. The SMILES string of the molecule is COc1c(C)cc(-c2ccc3nccnc3c2)cc1C. The van der Waals surface area contributed by atoms with Crippen molar-refractivity contribution in [1.29, 1.82) is 0 Å². The normalized spacial score (nSPS) is 10.8. The van der Waals surface area contributed by atoms with E-state index < -0.39 is 0 Å². The minimum atomic E-state index is 0.913. The van der Waals surface area contributed by atoms with E-state index in [1.54, 1.807) is 19.5 Å². The standard InChI is InChI=1S/C17H16N2O/c1-11-8-14(9-12(2)17(11)20-3)13-4-5-15-16(10-13)19-7-6-18-15/h4-10H,1-3H3. The van der Waals surface area contributed by atoms with Crippen molar-refractivity contribution in [3.8, 4) is 16.9 Å². The molecule has 0 aliphatic heterocycles. The molecule has 0 unspecified atom stereocenters. The fraction of sp³-hybridized carbons (Fsp3) is 0.176. The van der Waals surface area contributed by atoms with Crippen LogP contribution in [0.25, 0.3) is 22.2 Å². The van der Waals surface area contributed by atoms with Crippen molar-refractivity contribution in [2.75, 3.05) is 7.11 Å². The second-order valence-electron chi connectivity index (χ2n) is 4.90. The molecule has 3 heteroatoms. The highest BCUT2D eigenvalue weighted by Gasteiger charge is 2.07. The van der Waals surface area contributed by atoms with Crippen molar-refractivity contribution < 1.29 is 4.74 Å². The van der Waals surface area contributed by atoms with Crippen molar-refractivity contribution >= 4 is 11.0 Å². The largest absolute Gasteiger partial charge is 0.496 e. The Morgan fingerprint density at radius 1 is 0.800 bits per heavy atom. The second kappa shape index (κ2) is 4.93. The van der Waals surface area contributed by atoms with E-state index >= 15 is 0 Å². The van der Waals surface area contributed by atoms with Crippen LogP contribution >= 0.6 is 0 Å². The first kappa shape index (κ1) is 12.6. The second-order valence-corrected chi connectivity index (χ2v) is 4.90. The summed E-state index contributed by atoms with van der Waals surface area (Å²) in [6, 6.07) is 10.4. The summed E-state index contributed by atoms with van der Waals surface area (Å²) >= 11 is 0. The molecule has 0 radical (unpaired) electrons. The highest BCUT2D eigenvalue weighted by atomic mass is 16.5. The lowest BCUT2D eigenvalue weighted by molar-refractivity contribution is 0.408. The molecule has 3 nitrogen and oxygen atoms in total. The summed E-state index contributed by atoms with van der Waals surface area (Å²) < 4.78 is 5.41. The Labute approximate surface area is 118 Å². The van der Waals surface area contributed by atoms with Crippen molar-refractivity contribution in [1.82, 2.24) is 9.97 Å². The van der Waals surface area contributed by atoms with Gasteiger partial charge in [-0.2, -0.15) is 0 Å². The zero-order valence-electron chi connectivity index (χ0n) is 11.8. The number of hydrogen-bond acceptors (Lipinski definition) is 3. The lowest BCUT2D eigenvalue weighted by Gasteiger charge is -2.11. The molecule has 1 aromatic heterocycles. The fourth-order valence-electron chi connectivity index (χ4n) is 2.58. The average molecular weight is 264 g/mol. The summed E-state index contributed by atoms with van der Waals surface area (Å²) in [4.78, 5) is 8.65. The molecule has 20 heavy (non-hydrogen) atoms. The lowest BCUT2D eigenvalue weighted by atomic mass is 9.99. The van der Waals surface area contributed by atoms with Gasteiger partial charge >= 0.3 is 0 Å². The Bertz CT molecular complexity index is 758. The maximum absolute atomic E-state index is 5.41. The summed E-state index contributed by atoms with van der Waals surface area (Å²) in [7, 11) is 1.71.